The molecule has 0 radical (unpaired) electrons. The van der Waals surface area contributed by atoms with Gasteiger partial charge in [-0.2, -0.15) is 0 Å². The van der Waals surface area contributed by atoms with Crippen molar-refractivity contribution in [1.29, 1.82) is 0 Å². The highest BCUT2D eigenvalue weighted by Gasteiger charge is 2.34. The van der Waals surface area contributed by atoms with Gasteiger partial charge in [0, 0.05) is 18.8 Å². The Morgan fingerprint density at radius 1 is 1.29 bits per heavy atom. The molecule has 100 valence electrons. The number of carbonyl (C=O) groups is 2. The highest BCUT2D eigenvalue weighted by molar-refractivity contribution is 5.85. The van der Waals surface area contributed by atoms with Gasteiger partial charge in [-0.15, -0.1) is 0 Å². The molecule has 1 aliphatic carbocycles. The van der Waals surface area contributed by atoms with Gasteiger partial charge in [-0.3, -0.25) is 4.79 Å². The zero-order chi connectivity index (χ0) is 13.3. The van der Waals surface area contributed by atoms with Gasteiger partial charge in [-0.1, -0.05) is 40.0 Å². The van der Waals surface area contributed by atoms with E-state index in [1.165, 1.54) is 12.8 Å². The second kappa shape index (κ2) is 9.38. The Hall–Kier alpha value is -0.660. The number of carbonyl (C=O) groups excluding carboxylic acids is 2. The van der Waals surface area contributed by atoms with Crippen molar-refractivity contribution in [3.05, 3.63) is 0 Å². The molecule has 0 heterocycles. The lowest BCUT2D eigenvalue weighted by molar-refractivity contribution is -0.122. The van der Waals surface area contributed by atoms with Crippen molar-refractivity contribution >= 4 is 11.6 Å². The van der Waals surface area contributed by atoms with E-state index < -0.39 is 0 Å². The summed E-state index contributed by atoms with van der Waals surface area (Å²) in [4.78, 5) is 22.7. The molecule has 2 unspecified atom stereocenters. The minimum atomic E-state index is 0.195. The molecule has 17 heavy (non-hydrogen) atoms. The summed E-state index contributed by atoms with van der Waals surface area (Å²) in [6.07, 6.45) is 6.80. The monoisotopic (exact) mass is 240 g/mol. The van der Waals surface area contributed by atoms with Crippen LogP contribution in [0.3, 0.4) is 0 Å². The minimum absolute atomic E-state index is 0.195. The predicted octanol–water partition coefficient (Wildman–Crippen LogP) is 4.17. The molecule has 1 rings (SSSR count). The van der Waals surface area contributed by atoms with Crippen LogP contribution in [-0.4, -0.2) is 11.6 Å². The molecule has 0 aromatic rings. The Morgan fingerprint density at radius 2 is 1.94 bits per heavy atom. The molecule has 1 saturated carbocycles. The van der Waals surface area contributed by atoms with E-state index >= 15 is 0 Å². The molecular formula is C15H28O2. The summed E-state index contributed by atoms with van der Waals surface area (Å²) >= 11 is 0. The first-order chi connectivity index (χ1) is 8.15. The van der Waals surface area contributed by atoms with Gasteiger partial charge in [-0.05, 0) is 25.7 Å². The fraction of sp³-hybridized carbons (Fsp3) is 0.867. The summed E-state index contributed by atoms with van der Waals surface area (Å²) in [6, 6.07) is 0. The molecule has 0 aromatic heterocycles. The molecule has 2 atom stereocenters. The highest BCUT2D eigenvalue weighted by atomic mass is 16.1. The van der Waals surface area contributed by atoms with E-state index in [0.29, 0.717) is 24.5 Å². The summed E-state index contributed by atoms with van der Waals surface area (Å²) in [5.41, 5.74) is 0. The first-order valence-corrected chi connectivity index (χ1v) is 7.17. The van der Waals surface area contributed by atoms with Crippen LogP contribution < -0.4 is 0 Å². The van der Waals surface area contributed by atoms with Crippen molar-refractivity contribution in [3.8, 4) is 0 Å². The summed E-state index contributed by atoms with van der Waals surface area (Å²) in [5.74, 6) is 1.18. The Labute approximate surface area is 106 Å². The Morgan fingerprint density at radius 3 is 2.47 bits per heavy atom. The van der Waals surface area contributed by atoms with Gasteiger partial charge >= 0.3 is 0 Å². The molecule has 0 aliphatic heterocycles. The molecule has 0 N–H and O–H groups in total. The van der Waals surface area contributed by atoms with Crippen LogP contribution in [0, 0.1) is 11.8 Å². The summed E-state index contributed by atoms with van der Waals surface area (Å²) in [6.45, 7) is 7.80. The van der Waals surface area contributed by atoms with Gasteiger partial charge in [0.2, 0.25) is 0 Å². The van der Waals surface area contributed by atoms with Gasteiger partial charge in [0.1, 0.15) is 11.6 Å². The lowest BCUT2D eigenvalue weighted by atomic mass is 9.87. The molecule has 1 aliphatic rings. The number of unbranched alkanes of at least 4 members (excludes halogenated alkanes) is 2. The molecule has 0 aromatic carbocycles. The van der Waals surface area contributed by atoms with E-state index in [1.807, 2.05) is 13.8 Å². The lowest BCUT2D eigenvalue weighted by Gasteiger charge is -2.16. The maximum atomic E-state index is 11.6. The van der Waals surface area contributed by atoms with Gasteiger partial charge in [0.15, 0.2) is 0 Å². The van der Waals surface area contributed by atoms with E-state index in [4.69, 9.17) is 0 Å². The second-order valence-corrected chi connectivity index (χ2v) is 4.77. The van der Waals surface area contributed by atoms with Gasteiger partial charge in [0.05, 0.1) is 0 Å². The largest absolute Gasteiger partial charge is 0.300 e. The zero-order valence-electron chi connectivity index (χ0n) is 11.9. The zero-order valence-corrected chi connectivity index (χ0v) is 11.9. The van der Waals surface area contributed by atoms with Gasteiger partial charge < -0.3 is 4.79 Å². The summed E-state index contributed by atoms with van der Waals surface area (Å²) in [5, 5.41) is 0. The number of hydrogen-bond acceptors (Lipinski definition) is 2. The van der Waals surface area contributed by atoms with Crippen LogP contribution in [0.2, 0.25) is 0 Å². The first-order valence-electron chi connectivity index (χ1n) is 7.17. The van der Waals surface area contributed by atoms with Crippen LogP contribution in [0.1, 0.15) is 72.6 Å². The average Bonchev–Trinajstić information content (AvgIpc) is 2.63. The van der Waals surface area contributed by atoms with Crippen LogP contribution in [0.15, 0.2) is 0 Å². The second-order valence-electron chi connectivity index (χ2n) is 4.77. The van der Waals surface area contributed by atoms with Crippen LogP contribution >= 0.6 is 0 Å². The van der Waals surface area contributed by atoms with E-state index in [2.05, 4.69) is 6.92 Å². The molecular weight excluding hydrogens is 212 g/mol. The maximum Gasteiger partial charge on any atom is 0.136 e. The third-order valence-corrected chi connectivity index (χ3v) is 3.41. The van der Waals surface area contributed by atoms with Crippen LogP contribution in [0.25, 0.3) is 0 Å². The summed E-state index contributed by atoms with van der Waals surface area (Å²) in [7, 11) is 0. The topological polar surface area (TPSA) is 34.1 Å². The first kappa shape index (κ1) is 16.3. The molecule has 0 bridgehead atoms. The minimum Gasteiger partial charge on any atom is -0.300 e. The lowest BCUT2D eigenvalue weighted by Crippen LogP contribution is -2.17. The fourth-order valence-electron chi connectivity index (χ4n) is 2.60. The van der Waals surface area contributed by atoms with Crippen molar-refractivity contribution < 1.29 is 9.59 Å². The molecule has 2 heteroatoms. The van der Waals surface area contributed by atoms with E-state index in [-0.39, 0.29) is 11.7 Å². The molecule has 1 fully saturated rings. The molecule has 0 amide bonds. The maximum absolute atomic E-state index is 11.6. The normalized spacial score (nSPS) is 23.2. The Balaban J connectivity index is 0.00000121. The predicted molar refractivity (Wildman–Crippen MR) is 72.0 cm³/mol. The van der Waals surface area contributed by atoms with Gasteiger partial charge in [-0.25, -0.2) is 0 Å². The van der Waals surface area contributed by atoms with Crippen LogP contribution in [0.5, 0.6) is 0 Å². The number of ketones is 2. The van der Waals surface area contributed by atoms with Crippen molar-refractivity contribution in [3.63, 3.8) is 0 Å². The smallest absolute Gasteiger partial charge is 0.136 e. The number of hydrogen-bond donors (Lipinski definition) is 0. The van der Waals surface area contributed by atoms with Crippen molar-refractivity contribution in [2.75, 3.05) is 0 Å². The van der Waals surface area contributed by atoms with Crippen molar-refractivity contribution in [2.24, 2.45) is 11.8 Å². The Bertz CT molecular complexity index is 233. The highest BCUT2D eigenvalue weighted by Crippen LogP contribution is 2.35. The number of rotatable bonds is 6. The fourth-order valence-corrected chi connectivity index (χ4v) is 2.60. The van der Waals surface area contributed by atoms with E-state index in [0.717, 1.165) is 19.3 Å². The molecule has 0 spiro atoms. The number of Topliss-reactive ketones (excluding diaryl/α,β-unsaturated/α-hetero) is 2. The van der Waals surface area contributed by atoms with Gasteiger partial charge in [0.25, 0.3) is 0 Å². The van der Waals surface area contributed by atoms with E-state index in [1.54, 1.807) is 6.92 Å². The van der Waals surface area contributed by atoms with E-state index in [9.17, 15) is 9.59 Å². The average molecular weight is 240 g/mol. The SMILES string of the molecule is CC.CCCCCC1C(=O)CCC1CC(C)=O. The molecule has 0 saturated heterocycles. The summed E-state index contributed by atoms with van der Waals surface area (Å²) < 4.78 is 0. The Kier molecular flexibility index (Phi) is 9.01. The van der Waals surface area contributed by atoms with Crippen molar-refractivity contribution in [1.82, 2.24) is 0 Å². The quantitative estimate of drug-likeness (QED) is 0.653. The third-order valence-electron chi connectivity index (χ3n) is 3.41. The van der Waals surface area contributed by atoms with Crippen LogP contribution in [0.4, 0.5) is 0 Å². The standard InChI is InChI=1S/C13H22O2.C2H6/c1-3-4-5-6-12-11(9-10(2)14)7-8-13(12)15;1-2/h11-12H,3-9H2,1-2H3;1-2H3. The van der Waals surface area contributed by atoms with Crippen LogP contribution in [-0.2, 0) is 9.59 Å². The third kappa shape index (κ3) is 5.99. The molecule has 2 nitrogen and oxygen atoms in total. The van der Waals surface area contributed by atoms with Crippen molar-refractivity contribution in [2.45, 2.75) is 72.6 Å².